The average molecular weight is 379 g/mol. The predicted octanol–water partition coefficient (Wildman–Crippen LogP) is 6.58. The Morgan fingerprint density at radius 1 is 1.09 bits per heavy atom. The lowest BCUT2D eigenvalue weighted by Crippen LogP contribution is -2.14. The molecule has 0 aliphatic rings. The summed E-state index contributed by atoms with van der Waals surface area (Å²) in [6.07, 6.45) is -1.94. The third kappa shape index (κ3) is 4.60. The highest BCUT2D eigenvalue weighted by Crippen LogP contribution is 2.36. The average Bonchev–Trinajstić information content (AvgIpc) is 2.48. The van der Waals surface area contributed by atoms with Crippen LogP contribution in [0.5, 0.6) is 0 Å². The number of hydrogen-bond acceptors (Lipinski definition) is 1. The third-order valence-electron chi connectivity index (χ3n) is 3.32. The lowest BCUT2D eigenvalue weighted by molar-refractivity contribution is 0.411. The first-order valence-corrected chi connectivity index (χ1v) is 8.51. The molecule has 2 heteroatoms. The summed E-state index contributed by atoms with van der Waals surface area (Å²) in [5.41, 5.74) is 6.42. The lowest BCUT2D eigenvalue weighted by Gasteiger charge is -2.24. The van der Waals surface area contributed by atoms with E-state index in [9.17, 15) is 0 Å². The second-order valence-electron chi connectivity index (χ2n) is 7.83. The Bertz CT molecular complexity index is 924. The van der Waals surface area contributed by atoms with Gasteiger partial charge in [-0.3, -0.25) is 0 Å². The van der Waals surface area contributed by atoms with Gasteiger partial charge in [-0.15, -0.1) is 0 Å². The van der Waals surface area contributed by atoms with Crippen LogP contribution < -0.4 is 5.73 Å². The van der Waals surface area contributed by atoms with Gasteiger partial charge >= 0.3 is 0 Å². The highest BCUT2D eigenvalue weighted by Gasteiger charge is 2.19. The standard InChI is InChI=1S/C21H28BrN/c1-20(2,3)13-14-10-15(12-16(11-14)21(4,5)6)17-8-7-9-18(22)19(17)23/h7-12H,13,23H2,1-6H3/i10D,11D,12D,13D2. The van der Waals surface area contributed by atoms with E-state index >= 15 is 0 Å². The van der Waals surface area contributed by atoms with Crippen molar-refractivity contribution >= 4 is 21.6 Å². The molecule has 0 saturated heterocycles. The minimum absolute atomic E-state index is 0.00954. The van der Waals surface area contributed by atoms with E-state index in [1.54, 1.807) is 39.0 Å². The zero-order valence-corrected chi connectivity index (χ0v) is 16.3. The van der Waals surface area contributed by atoms with Crippen molar-refractivity contribution in [2.24, 2.45) is 5.41 Å². The van der Waals surface area contributed by atoms with Crippen LogP contribution in [-0.4, -0.2) is 0 Å². The number of para-hydroxylation sites is 1. The van der Waals surface area contributed by atoms with E-state index < -0.39 is 17.2 Å². The summed E-state index contributed by atoms with van der Waals surface area (Å²) in [5, 5.41) is 0. The molecule has 0 unspecified atom stereocenters. The molecule has 23 heavy (non-hydrogen) atoms. The lowest BCUT2D eigenvalue weighted by atomic mass is 9.81. The molecule has 0 spiro atoms. The van der Waals surface area contributed by atoms with E-state index in [1.807, 2.05) is 20.8 Å². The Morgan fingerprint density at radius 3 is 2.30 bits per heavy atom. The molecular weight excluding hydrogens is 346 g/mol. The molecule has 2 rings (SSSR count). The van der Waals surface area contributed by atoms with Crippen LogP contribution in [0.4, 0.5) is 5.69 Å². The molecule has 2 aromatic carbocycles. The monoisotopic (exact) mass is 378 g/mol. The van der Waals surface area contributed by atoms with Gasteiger partial charge in [0, 0.05) is 12.8 Å². The normalized spacial score (nSPS) is 16.2. The fourth-order valence-corrected chi connectivity index (χ4v) is 2.54. The number of anilines is 1. The van der Waals surface area contributed by atoms with Crippen LogP contribution in [0.1, 0.15) is 59.5 Å². The first-order chi connectivity index (χ1) is 12.5. The van der Waals surface area contributed by atoms with Gasteiger partial charge in [0.05, 0.1) is 9.80 Å². The fraction of sp³-hybridized carbons (Fsp3) is 0.429. The molecule has 0 saturated carbocycles. The van der Waals surface area contributed by atoms with Gasteiger partial charge in [-0.2, -0.15) is 0 Å². The number of halogens is 1. The van der Waals surface area contributed by atoms with Gasteiger partial charge in [-0.25, -0.2) is 0 Å². The second kappa shape index (κ2) is 6.32. The molecule has 0 aliphatic carbocycles. The van der Waals surface area contributed by atoms with E-state index in [-0.39, 0.29) is 29.3 Å². The molecule has 1 nitrogen and oxygen atoms in total. The Hall–Kier alpha value is -1.28. The van der Waals surface area contributed by atoms with E-state index in [1.165, 1.54) is 0 Å². The minimum atomic E-state index is -1.94. The van der Waals surface area contributed by atoms with Crippen LogP contribution in [-0.2, 0) is 11.8 Å². The van der Waals surface area contributed by atoms with Crippen molar-refractivity contribution in [1.82, 2.24) is 0 Å². The van der Waals surface area contributed by atoms with Crippen molar-refractivity contribution in [2.45, 2.75) is 53.3 Å². The first-order valence-electron chi connectivity index (χ1n) is 10.2. The van der Waals surface area contributed by atoms with Crippen LogP contribution in [0.15, 0.2) is 40.8 Å². The number of benzene rings is 2. The van der Waals surface area contributed by atoms with Gasteiger partial charge in [0.1, 0.15) is 0 Å². The predicted molar refractivity (Wildman–Crippen MR) is 106 cm³/mol. The highest BCUT2D eigenvalue weighted by molar-refractivity contribution is 9.10. The molecule has 0 aliphatic heterocycles. The number of hydrogen-bond donors (Lipinski definition) is 1. The molecule has 124 valence electrons. The molecule has 0 radical (unpaired) electrons. The second-order valence-corrected chi connectivity index (χ2v) is 8.68. The fourth-order valence-electron chi connectivity index (χ4n) is 2.17. The first kappa shape index (κ1) is 12.1. The summed E-state index contributed by atoms with van der Waals surface area (Å²) < 4.78 is 44.5. The van der Waals surface area contributed by atoms with Crippen molar-refractivity contribution in [1.29, 1.82) is 0 Å². The summed E-state index contributed by atoms with van der Waals surface area (Å²) in [4.78, 5) is 0. The highest BCUT2D eigenvalue weighted by atomic mass is 79.9. The zero-order valence-electron chi connectivity index (χ0n) is 19.7. The topological polar surface area (TPSA) is 26.0 Å². The summed E-state index contributed by atoms with van der Waals surface area (Å²) in [7, 11) is 0. The molecule has 0 heterocycles. The minimum Gasteiger partial charge on any atom is -0.397 e. The van der Waals surface area contributed by atoms with Crippen molar-refractivity contribution in [3.05, 3.63) is 51.9 Å². The number of rotatable bonds is 2. The van der Waals surface area contributed by atoms with Gasteiger partial charge in [0.25, 0.3) is 0 Å². The molecule has 0 fully saturated rings. The van der Waals surface area contributed by atoms with Crippen LogP contribution in [0.25, 0.3) is 11.1 Å². The smallest absolute Gasteiger partial charge is 0.0632 e. The van der Waals surface area contributed by atoms with Gasteiger partial charge in [0.15, 0.2) is 0 Å². The molecule has 2 aromatic rings. The van der Waals surface area contributed by atoms with Crippen molar-refractivity contribution in [2.75, 3.05) is 5.73 Å². The Balaban J connectivity index is 3.12. The molecule has 0 amide bonds. The summed E-state index contributed by atoms with van der Waals surface area (Å²) in [6.45, 7) is 10.9. The van der Waals surface area contributed by atoms with Gasteiger partial charge < -0.3 is 5.73 Å². The van der Waals surface area contributed by atoms with Gasteiger partial charge in [-0.1, -0.05) is 71.8 Å². The van der Waals surface area contributed by atoms with E-state index in [2.05, 4.69) is 15.9 Å². The Labute approximate surface area is 156 Å². The SMILES string of the molecule is [2H]c1c(-c2cccc(Br)c2N)c([2H])c(C([2H])([2H])C(C)(C)C)c([2H])c1C(C)(C)C. The number of nitrogens with two attached hydrogens (primary N) is 1. The van der Waals surface area contributed by atoms with Crippen molar-refractivity contribution < 1.29 is 6.85 Å². The molecule has 0 atom stereocenters. The maximum Gasteiger partial charge on any atom is 0.0632 e. The van der Waals surface area contributed by atoms with Gasteiger partial charge in [0.2, 0.25) is 0 Å². The summed E-state index contributed by atoms with van der Waals surface area (Å²) in [5.74, 6) is 0. The molecular formula is C21H28BrN. The zero-order chi connectivity index (χ0) is 21.8. The van der Waals surface area contributed by atoms with E-state index in [0.717, 1.165) is 0 Å². The number of nitrogen functional groups attached to an aromatic ring is 1. The molecule has 0 bridgehead atoms. The van der Waals surface area contributed by atoms with Crippen LogP contribution in [0, 0.1) is 5.41 Å². The third-order valence-corrected chi connectivity index (χ3v) is 4.01. The molecule has 2 N–H and O–H groups in total. The Kier molecular flexibility index (Phi) is 3.33. The maximum atomic E-state index is 8.82. The van der Waals surface area contributed by atoms with E-state index in [0.29, 0.717) is 21.3 Å². The van der Waals surface area contributed by atoms with Crippen molar-refractivity contribution in [3.8, 4) is 11.1 Å². The summed E-state index contributed by atoms with van der Waals surface area (Å²) >= 11 is 3.40. The summed E-state index contributed by atoms with van der Waals surface area (Å²) in [6, 6.07) is 5.13. The van der Waals surface area contributed by atoms with Crippen LogP contribution in [0.3, 0.4) is 0 Å². The van der Waals surface area contributed by atoms with Gasteiger partial charge in [-0.05, 0) is 55.9 Å². The largest absolute Gasteiger partial charge is 0.397 e. The Morgan fingerprint density at radius 2 is 1.74 bits per heavy atom. The quantitative estimate of drug-likeness (QED) is 0.586. The van der Waals surface area contributed by atoms with Crippen LogP contribution in [0.2, 0.25) is 0 Å². The van der Waals surface area contributed by atoms with Crippen molar-refractivity contribution in [3.63, 3.8) is 0 Å². The molecule has 0 aromatic heterocycles. The van der Waals surface area contributed by atoms with E-state index in [4.69, 9.17) is 12.6 Å². The maximum absolute atomic E-state index is 8.82. The van der Waals surface area contributed by atoms with Crippen LogP contribution >= 0.6 is 15.9 Å².